The molecule has 3 rings (SSSR count). The number of nitrogens with one attached hydrogen (secondary N) is 1. The van der Waals surface area contributed by atoms with Gasteiger partial charge in [0.2, 0.25) is 12.2 Å². The van der Waals surface area contributed by atoms with Crippen LogP contribution in [0.25, 0.3) is 0 Å². The molecule has 1 aromatic rings. The van der Waals surface area contributed by atoms with E-state index in [0.29, 0.717) is 0 Å². The van der Waals surface area contributed by atoms with Gasteiger partial charge in [0.25, 0.3) is 5.69 Å². The Morgan fingerprint density at radius 1 is 1.06 bits per heavy atom. The fourth-order valence-corrected chi connectivity index (χ4v) is 3.79. The molecule has 0 spiro atoms. The van der Waals surface area contributed by atoms with Gasteiger partial charge in [0.1, 0.15) is 48.4 Å². The predicted octanol–water partition coefficient (Wildman–Crippen LogP) is -2.23. The van der Waals surface area contributed by atoms with Crippen LogP contribution in [-0.2, 0) is 19.0 Å². The van der Waals surface area contributed by atoms with Crippen LogP contribution in [0.15, 0.2) is 24.3 Å². The number of amides is 1. The van der Waals surface area contributed by atoms with E-state index in [1.807, 2.05) is 0 Å². The SMILES string of the molecule is CC(=O)N[C@H]1C(O)[C@H](OC2O[C@@H](C)C(O)[C@H](O)[C@@H]2O)C(CO)O[C@H]1Oc1ccc([N+](=O)[O-])cc1. The Hall–Kier alpha value is -2.43. The number of hydrogen-bond acceptors (Lipinski definition) is 12. The van der Waals surface area contributed by atoms with Crippen molar-refractivity contribution in [3.63, 3.8) is 0 Å². The number of hydrogen-bond donors (Lipinski definition) is 6. The first kappa shape index (κ1) is 26.2. The standard InChI is InChI=1S/C20H28N2O12/c1-8-14(25)16(27)17(28)20(31-8)34-18-12(7-23)33-19(13(15(18)26)21-9(2)24)32-11-5-3-10(4-6-11)22(29)30/h3-6,8,12-20,23,25-28H,7H2,1-2H3,(H,21,24)/t8-,12?,13-,14?,15?,16-,17-,18+,19+,20?/m0/s1. The molecule has 1 aromatic carbocycles. The van der Waals surface area contributed by atoms with Gasteiger partial charge in [-0.1, -0.05) is 0 Å². The van der Waals surface area contributed by atoms with Crippen molar-refractivity contribution in [2.24, 2.45) is 0 Å². The number of aliphatic hydroxyl groups is 5. The summed E-state index contributed by atoms with van der Waals surface area (Å²) >= 11 is 0. The lowest BCUT2D eigenvalue weighted by Crippen LogP contribution is -2.67. The van der Waals surface area contributed by atoms with Crippen LogP contribution in [0.2, 0.25) is 0 Å². The van der Waals surface area contributed by atoms with Gasteiger partial charge >= 0.3 is 0 Å². The topological polar surface area (TPSA) is 210 Å². The lowest BCUT2D eigenvalue weighted by Gasteiger charge is -2.46. The number of ether oxygens (including phenoxy) is 4. The van der Waals surface area contributed by atoms with E-state index in [1.54, 1.807) is 0 Å². The van der Waals surface area contributed by atoms with Crippen LogP contribution in [0.4, 0.5) is 5.69 Å². The molecule has 14 nitrogen and oxygen atoms in total. The molecular weight excluding hydrogens is 460 g/mol. The van der Waals surface area contributed by atoms with Crippen molar-refractivity contribution in [2.45, 2.75) is 75.2 Å². The zero-order valence-electron chi connectivity index (χ0n) is 18.3. The molecule has 0 radical (unpaired) electrons. The van der Waals surface area contributed by atoms with Gasteiger partial charge < -0.3 is 49.8 Å². The largest absolute Gasteiger partial charge is 0.463 e. The summed E-state index contributed by atoms with van der Waals surface area (Å²) in [6.45, 7) is 1.97. The predicted molar refractivity (Wildman–Crippen MR) is 110 cm³/mol. The summed E-state index contributed by atoms with van der Waals surface area (Å²) in [6, 6.07) is 3.76. The van der Waals surface area contributed by atoms with Crippen molar-refractivity contribution >= 4 is 11.6 Å². The molecule has 2 heterocycles. The van der Waals surface area contributed by atoms with Gasteiger partial charge in [0, 0.05) is 19.1 Å². The Bertz CT molecular complexity index is 854. The molecule has 2 saturated heterocycles. The number of nitro groups is 1. The Balaban J connectivity index is 1.80. The first-order valence-electron chi connectivity index (χ1n) is 10.5. The first-order chi connectivity index (χ1) is 16.0. The highest BCUT2D eigenvalue weighted by Crippen LogP contribution is 2.30. The number of carbonyl (C=O) groups excluding carboxylic acids is 1. The maximum Gasteiger partial charge on any atom is 0.269 e. The van der Waals surface area contributed by atoms with Crippen molar-refractivity contribution in [1.82, 2.24) is 5.32 Å². The number of nitro benzene ring substituents is 1. The van der Waals surface area contributed by atoms with Gasteiger partial charge in [-0.05, 0) is 19.1 Å². The first-order valence-corrected chi connectivity index (χ1v) is 10.5. The van der Waals surface area contributed by atoms with Crippen LogP contribution in [0.3, 0.4) is 0 Å². The Kier molecular flexibility index (Phi) is 8.38. The van der Waals surface area contributed by atoms with Crippen LogP contribution in [0.5, 0.6) is 5.75 Å². The van der Waals surface area contributed by atoms with Crippen molar-refractivity contribution in [3.05, 3.63) is 34.4 Å². The molecule has 14 heteroatoms. The van der Waals surface area contributed by atoms with Gasteiger partial charge in [-0.25, -0.2) is 0 Å². The van der Waals surface area contributed by atoms with E-state index in [1.165, 1.54) is 38.1 Å². The van der Waals surface area contributed by atoms with Crippen molar-refractivity contribution in [2.75, 3.05) is 6.61 Å². The van der Waals surface area contributed by atoms with Crippen LogP contribution < -0.4 is 10.1 Å². The molecule has 6 N–H and O–H groups in total. The summed E-state index contributed by atoms with van der Waals surface area (Å²) in [5, 5.41) is 64.3. The second-order valence-corrected chi connectivity index (χ2v) is 8.09. The summed E-state index contributed by atoms with van der Waals surface area (Å²) in [5.41, 5.74) is -0.176. The second-order valence-electron chi connectivity index (χ2n) is 8.09. The monoisotopic (exact) mass is 488 g/mol. The van der Waals surface area contributed by atoms with Gasteiger partial charge in [0.15, 0.2) is 6.29 Å². The molecule has 0 bridgehead atoms. The van der Waals surface area contributed by atoms with E-state index in [4.69, 9.17) is 18.9 Å². The molecule has 10 atom stereocenters. The lowest BCUT2D eigenvalue weighted by molar-refractivity contribution is -0.384. The van der Waals surface area contributed by atoms with E-state index in [2.05, 4.69) is 5.32 Å². The molecule has 2 fully saturated rings. The van der Waals surface area contributed by atoms with Crippen molar-refractivity contribution in [1.29, 1.82) is 0 Å². The molecule has 34 heavy (non-hydrogen) atoms. The minimum atomic E-state index is -1.67. The summed E-state index contributed by atoms with van der Waals surface area (Å²) in [7, 11) is 0. The third-order valence-electron chi connectivity index (χ3n) is 5.62. The van der Waals surface area contributed by atoms with E-state index in [9.17, 15) is 40.4 Å². The number of nitrogens with zero attached hydrogens (tertiary/aromatic N) is 1. The molecule has 2 aliphatic rings. The van der Waals surface area contributed by atoms with Gasteiger partial charge in [-0.2, -0.15) is 0 Å². The maximum atomic E-state index is 11.8. The molecule has 0 aromatic heterocycles. The average Bonchev–Trinajstić information content (AvgIpc) is 2.79. The highest BCUT2D eigenvalue weighted by molar-refractivity contribution is 5.73. The number of aliphatic hydroxyl groups excluding tert-OH is 5. The normalized spacial score (nSPS) is 38.2. The zero-order chi connectivity index (χ0) is 25.2. The number of benzene rings is 1. The number of non-ortho nitro benzene ring substituents is 1. The Morgan fingerprint density at radius 2 is 1.71 bits per heavy atom. The fourth-order valence-electron chi connectivity index (χ4n) is 3.79. The highest BCUT2D eigenvalue weighted by Gasteiger charge is 2.51. The number of carbonyl (C=O) groups is 1. The fraction of sp³-hybridized carbons (Fsp3) is 0.650. The third-order valence-corrected chi connectivity index (χ3v) is 5.62. The van der Waals surface area contributed by atoms with Gasteiger partial charge in [-0.3, -0.25) is 14.9 Å². The highest BCUT2D eigenvalue weighted by atomic mass is 16.7. The van der Waals surface area contributed by atoms with E-state index in [-0.39, 0.29) is 11.4 Å². The van der Waals surface area contributed by atoms with Crippen LogP contribution in [-0.4, -0.2) is 104 Å². The van der Waals surface area contributed by atoms with Crippen LogP contribution >= 0.6 is 0 Å². The summed E-state index contributed by atoms with van der Waals surface area (Å²) in [6.07, 6.45) is -12.5. The van der Waals surface area contributed by atoms with Crippen molar-refractivity contribution < 1.29 is 54.2 Å². The molecule has 0 saturated carbocycles. The van der Waals surface area contributed by atoms with Crippen molar-refractivity contribution in [3.8, 4) is 5.75 Å². The number of rotatable bonds is 7. The minimum Gasteiger partial charge on any atom is -0.463 e. The summed E-state index contributed by atoms with van der Waals surface area (Å²) in [5.74, 6) is -0.418. The molecule has 4 unspecified atom stereocenters. The molecule has 0 aliphatic carbocycles. The Morgan fingerprint density at radius 3 is 2.26 bits per heavy atom. The lowest BCUT2D eigenvalue weighted by atomic mass is 9.95. The average molecular weight is 488 g/mol. The quantitative estimate of drug-likeness (QED) is 0.178. The van der Waals surface area contributed by atoms with Crippen LogP contribution in [0.1, 0.15) is 13.8 Å². The Labute approximate surface area is 193 Å². The molecule has 2 aliphatic heterocycles. The van der Waals surface area contributed by atoms with E-state index in [0.717, 1.165) is 0 Å². The minimum absolute atomic E-state index is 0.131. The molecule has 1 amide bonds. The summed E-state index contributed by atoms with van der Waals surface area (Å²) < 4.78 is 22.4. The molecule has 190 valence electrons. The van der Waals surface area contributed by atoms with Gasteiger partial charge in [-0.15, -0.1) is 0 Å². The molecular formula is C20H28N2O12. The van der Waals surface area contributed by atoms with Crippen LogP contribution in [0, 0.1) is 10.1 Å². The van der Waals surface area contributed by atoms with E-state index < -0.39 is 78.8 Å². The summed E-state index contributed by atoms with van der Waals surface area (Å²) in [4.78, 5) is 22.0. The van der Waals surface area contributed by atoms with Gasteiger partial charge in [0.05, 0.1) is 17.6 Å². The second kappa shape index (κ2) is 10.9. The smallest absolute Gasteiger partial charge is 0.269 e. The van der Waals surface area contributed by atoms with E-state index >= 15 is 0 Å². The third kappa shape index (κ3) is 5.61. The maximum absolute atomic E-state index is 11.8. The zero-order valence-corrected chi connectivity index (χ0v) is 18.3.